The number of halogens is 1. The SMILES string of the molecule is Cl.O=C(CC1CNCCO1)NCC1CCOCC1. The molecule has 0 radical (unpaired) electrons. The largest absolute Gasteiger partial charge is 0.381 e. The highest BCUT2D eigenvalue weighted by Crippen LogP contribution is 2.13. The molecule has 2 rings (SSSR count). The Bertz CT molecular complexity index is 241. The lowest BCUT2D eigenvalue weighted by Crippen LogP contribution is -2.42. The van der Waals surface area contributed by atoms with Crippen molar-refractivity contribution in [1.82, 2.24) is 10.6 Å². The first-order valence-electron chi connectivity index (χ1n) is 6.51. The maximum absolute atomic E-state index is 11.7. The maximum Gasteiger partial charge on any atom is 0.222 e. The first kappa shape index (κ1) is 15.7. The number of amides is 1. The van der Waals surface area contributed by atoms with Crippen LogP contribution in [0.1, 0.15) is 19.3 Å². The van der Waals surface area contributed by atoms with Crippen LogP contribution < -0.4 is 10.6 Å². The van der Waals surface area contributed by atoms with Crippen molar-refractivity contribution in [1.29, 1.82) is 0 Å². The summed E-state index contributed by atoms with van der Waals surface area (Å²) in [6.07, 6.45) is 2.62. The van der Waals surface area contributed by atoms with Gasteiger partial charge in [-0.2, -0.15) is 0 Å². The van der Waals surface area contributed by atoms with Gasteiger partial charge in [0.1, 0.15) is 0 Å². The summed E-state index contributed by atoms with van der Waals surface area (Å²) in [5.74, 6) is 0.684. The molecule has 0 saturated carbocycles. The van der Waals surface area contributed by atoms with Gasteiger partial charge in [-0.25, -0.2) is 0 Å². The molecule has 0 aromatic rings. The van der Waals surface area contributed by atoms with Crippen LogP contribution in [0.3, 0.4) is 0 Å². The lowest BCUT2D eigenvalue weighted by molar-refractivity contribution is -0.124. The number of ether oxygens (including phenoxy) is 2. The zero-order valence-electron chi connectivity index (χ0n) is 10.7. The molecule has 1 amide bonds. The Morgan fingerprint density at radius 1 is 1.28 bits per heavy atom. The lowest BCUT2D eigenvalue weighted by Gasteiger charge is -2.25. The van der Waals surface area contributed by atoms with Crippen LogP contribution in [-0.4, -0.2) is 51.5 Å². The highest BCUT2D eigenvalue weighted by molar-refractivity contribution is 5.85. The van der Waals surface area contributed by atoms with Crippen LogP contribution in [0.15, 0.2) is 0 Å². The number of hydrogen-bond donors (Lipinski definition) is 2. The summed E-state index contributed by atoms with van der Waals surface area (Å²) in [5, 5.41) is 6.22. The molecular formula is C12H23ClN2O3. The van der Waals surface area contributed by atoms with E-state index in [-0.39, 0.29) is 24.4 Å². The minimum Gasteiger partial charge on any atom is -0.381 e. The van der Waals surface area contributed by atoms with Gasteiger partial charge < -0.3 is 20.1 Å². The highest BCUT2D eigenvalue weighted by Gasteiger charge is 2.19. The average Bonchev–Trinajstić information content (AvgIpc) is 2.39. The van der Waals surface area contributed by atoms with E-state index >= 15 is 0 Å². The second-order valence-electron chi connectivity index (χ2n) is 4.76. The number of nitrogens with one attached hydrogen (secondary N) is 2. The fourth-order valence-corrected chi connectivity index (χ4v) is 2.24. The fraction of sp³-hybridized carbons (Fsp3) is 0.917. The van der Waals surface area contributed by atoms with Crippen molar-refractivity contribution in [2.75, 3.05) is 39.5 Å². The van der Waals surface area contributed by atoms with Gasteiger partial charge in [0.25, 0.3) is 0 Å². The molecule has 0 aromatic heterocycles. The Labute approximate surface area is 114 Å². The third-order valence-corrected chi connectivity index (χ3v) is 3.35. The van der Waals surface area contributed by atoms with Crippen molar-refractivity contribution in [2.45, 2.75) is 25.4 Å². The van der Waals surface area contributed by atoms with E-state index in [2.05, 4.69) is 10.6 Å². The van der Waals surface area contributed by atoms with E-state index in [0.29, 0.717) is 18.9 Å². The Hall–Kier alpha value is -0.360. The molecule has 0 bridgehead atoms. The predicted octanol–water partition coefficient (Wildman–Crippen LogP) is 0.330. The normalized spacial score (nSPS) is 25.2. The van der Waals surface area contributed by atoms with Crippen LogP contribution in [0.5, 0.6) is 0 Å². The third kappa shape index (κ3) is 5.52. The highest BCUT2D eigenvalue weighted by atomic mass is 35.5. The first-order valence-corrected chi connectivity index (χ1v) is 6.51. The quantitative estimate of drug-likeness (QED) is 0.778. The van der Waals surface area contributed by atoms with Crippen LogP contribution in [-0.2, 0) is 14.3 Å². The molecule has 2 saturated heterocycles. The van der Waals surface area contributed by atoms with Crippen LogP contribution >= 0.6 is 12.4 Å². The Morgan fingerprint density at radius 2 is 2.06 bits per heavy atom. The summed E-state index contributed by atoms with van der Waals surface area (Å²) in [5.41, 5.74) is 0. The molecule has 6 heteroatoms. The standard InChI is InChI=1S/C12H22N2O3.ClH/c15-12(7-11-9-13-3-6-17-11)14-8-10-1-4-16-5-2-10;/h10-11,13H,1-9H2,(H,14,15);1H. The molecule has 18 heavy (non-hydrogen) atoms. The van der Waals surface area contributed by atoms with Gasteiger partial charge in [0.15, 0.2) is 0 Å². The summed E-state index contributed by atoms with van der Waals surface area (Å²) in [7, 11) is 0. The number of morpholine rings is 1. The Kier molecular flexibility index (Phi) is 7.58. The molecular weight excluding hydrogens is 256 g/mol. The van der Waals surface area contributed by atoms with E-state index < -0.39 is 0 Å². The van der Waals surface area contributed by atoms with Gasteiger partial charge in [0, 0.05) is 32.8 Å². The Balaban J connectivity index is 0.00000162. The van der Waals surface area contributed by atoms with Crippen molar-refractivity contribution in [3.63, 3.8) is 0 Å². The first-order chi connectivity index (χ1) is 8.34. The minimum atomic E-state index is 0. The van der Waals surface area contributed by atoms with Crippen molar-refractivity contribution >= 4 is 18.3 Å². The van der Waals surface area contributed by atoms with Crippen molar-refractivity contribution in [2.24, 2.45) is 5.92 Å². The van der Waals surface area contributed by atoms with Gasteiger partial charge >= 0.3 is 0 Å². The van der Waals surface area contributed by atoms with E-state index in [0.717, 1.165) is 45.7 Å². The van der Waals surface area contributed by atoms with Crippen LogP contribution in [0.25, 0.3) is 0 Å². The number of hydrogen-bond acceptors (Lipinski definition) is 4. The monoisotopic (exact) mass is 278 g/mol. The molecule has 1 atom stereocenters. The second kappa shape index (κ2) is 8.69. The zero-order valence-corrected chi connectivity index (χ0v) is 11.5. The predicted molar refractivity (Wildman–Crippen MR) is 71.0 cm³/mol. The van der Waals surface area contributed by atoms with E-state index in [1.807, 2.05) is 0 Å². The van der Waals surface area contributed by atoms with Crippen molar-refractivity contribution < 1.29 is 14.3 Å². The Morgan fingerprint density at radius 3 is 2.72 bits per heavy atom. The van der Waals surface area contributed by atoms with Crippen LogP contribution in [0.2, 0.25) is 0 Å². The number of carbonyl (C=O) groups is 1. The topological polar surface area (TPSA) is 59.6 Å². The van der Waals surface area contributed by atoms with Crippen molar-refractivity contribution in [3.8, 4) is 0 Å². The fourth-order valence-electron chi connectivity index (χ4n) is 2.24. The zero-order chi connectivity index (χ0) is 11.9. The van der Waals surface area contributed by atoms with E-state index in [1.54, 1.807) is 0 Å². The molecule has 2 aliphatic heterocycles. The van der Waals surface area contributed by atoms with Gasteiger partial charge in [-0.1, -0.05) is 0 Å². The molecule has 1 unspecified atom stereocenters. The molecule has 2 N–H and O–H groups in total. The molecule has 5 nitrogen and oxygen atoms in total. The minimum absolute atomic E-state index is 0. The van der Waals surface area contributed by atoms with Gasteiger partial charge in [0.2, 0.25) is 5.91 Å². The average molecular weight is 279 g/mol. The third-order valence-electron chi connectivity index (χ3n) is 3.35. The number of carbonyl (C=O) groups excluding carboxylic acids is 1. The van der Waals surface area contributed by atoms with Crippen molar-refractivity contribution in [3.05, 3.63) is 0 Å². The molecule has 106 valence electrons. The van der Waals surface area contributed by atoms with E-state index in [1.165, 1.54) is 0 Å². The van der Waals surface area contributed by atoms with Crippen LogP contribution in [0.4, 0.5) is 0 Å². The smallest absolute Gasteiger partial charge is 0.222 e. The molecule has 0 aliphatic carbocycles. The summed E-state index contributed by atoms with van der Waals surface area (Å²) >= 11 is 0. The maximum atomic E-state index is 11.7. The molecule has 2 heterocycles. The molecule has 2 fully saturated rings. The molecule has 0 aromatic carbocycles. The summed E-state index contributed by atoms with van der Waals surface area (Å²) in [6, 6.07) is 0. The summed E-state index contributed by atoms with van der Waals surface area (Å²) in [6.45, 7) is 4.82. The van der Waals surface area contributed by atoms with Gasteiger partial charge in [0.05, 0.1) is 19.1 Å². The van der Waals surface area contributed by atoms with Gasteiger partial charge in [-0.15, -0.1) is 12.4 Å². The van der Waals surface area contributed by atoms with E-state index in [9.17, 15) is 4.79 Å². The second-order valence-corrected chi connectivity index (χ2v) is 4.76. The van der Waals surface area contributed by atoms with Gasteiger partial charge in [-0.05, 0) is 18.8 Å². The van der Waals surface area contributed by atoms with Crippen LogP contribution in [0, 0.1) is 5.92 Å². The van der Waals surface area contributed by atoms with E-state index in [4.69, 9.17) is 9.47 Å². The van der Waals surface area contributed by atoms with Gasteiger partial charge in [-0.3, -0.25) is 4.79 Å². The summed E-state index contributed by atoms with van der Waals surface area (Å²) in [4.78, 5) is 11.7. The number of rotatable bonds is 4. The summed E-state index contributed by atoms with van der Waals surface area (Å²) < 4.78 is 10.8. The molecule has 2 aliphatic rings. The lowest BCUT2D eigenvalue weighted by atomic mass is 10.0. The molecule has 0 spiro atoms.